The third-order valence-corrected chi connectivity index (χ3v) is 14.8. The van der Waals surface area contributed by atoms with Crippen LogP contribution in [0.2, 0.25) is 10.0 Å². The first-order valence-electron chi connectivity index (χ1n) is 27.8. The van der Waals surface area contributed by atoms with E-state index in [0.717, 1.165) is 33.0 Å². The van der Waals surface area contributed by atoms with Crippen LogP contribution in [0.1, 0.15) is 68.3 Å². The van der Waals surface area contributed by atoms with Crippen molar-refractivity contribution in [2.24, 2.45) is 5.16 Å². The van der Waals surface area contributed by atoms with E-state index >= 15 is 0 Å². The number of para-hydroxylation sites is 2. The first kappa shape index (κ1) is 70.3. The molecule has 26 nitrogen and oxygen atoms in total. The number of hydrogen-bond donors (Lipinski definition) is 7. The molecular formula is C62H66Cl2FN9O17. The molecule has 4 atom stereocenters. The minimum atomic E-state index is -1.40. The van der Waals surface area contributed by atoms with Crippen LogP contribution in [-0.2, 0) is 64.1 Å². The summed E-state index contributed by atoms with van der Waals surface area (Å²) < 4.78 is 24.4. The minimum Gasteiger partial charge on any atom is -0.507 e. The molecule has 0 aliphatic carbocycles. The molecule has 29 heteroatoms. The number of phenols is 2. The number of carboxylic acids is 1. The minimum absolute atomic E-state index is 0.00158. The molecule has 0 aromatic heterocycles. The highest BCUT2D eigenvalue weighted by atomic mass is 35.5. The lowest BCUT2D eigenvalue weighted by atomic mass is 10.0. The number of anilines is 4. The van der Waals surface area contributed by atoms with E-state index in [2.05, 4.69) is 26.4 Å². The second kappa shape index (κ2) is 32.1. The molecule has 0 bridgehead atoms. The Bertz CT molecular complexity index is 3620. The van der Waals surface area contributed by atoms with Crippen molar-refractivity contribution in [2.45, 2.75) is 78.2 Å². The summed E-state index contributed by atoms with van der Waals surface area (Å²) in [4.78, 5) is 151. The van der Waals surface area contributed by atoms with Gasteiger partial charge in [0.05, 0.1) is 60.6 Å². The third kappa shape index (κ3) is 18.4. The number of aldehydes is 1. The molecule has 8 amide bonds. The highest BCUT2D eigenvalue weighted by molar-refractivity contribution is 6.36. The quantitative estimate of drug-likeness (QED) is 0.0268. The van der Waals surface area contributed by atoms with Gasteiger partial charge in [0.2, 0.25) is 11.8 Å². The number of fused-ring (bicyclic) bond motifs is 2. The fourth-order valence-electron chi connectivity index (χ4n) is 9.72. The lowest BCUT2D eigenvalue weighted by molar-refractivity contribution is -0.137. The molecule has 7 rings (SSSR count). The first-order valence-corrected chi connectivity index (χ1v) is 28.6. The van der Waals surface area contributed by atoms with E-state index in [4.69, 9.17) is 37.5 Å². The van der Waals surface area contributed by atoms with Crippen molar-refractivity contribution < 1.29 is 86.8 Å². The third-order valence-electron chi connectivity index (χ3n) is 14.0. The average molecular weight is 1300 g/mol. The number of hydrogen-bond acceptors (Lipinski definition) is 17. The van der Waals surface area contributed by atoms with Crippen LogP contribution in [0.4, 0.5) is 27.1 Å². The van der Waals surface area contributed by atoms with Crippen LogP contribution in [0.25, 0.3) is 0 Å². The summed E-state index contributed by atoms with van der Waals surface area (Å²) in [5.41, 5.74) is 2.93. The molecule has 0 fully saturated rings. The van der Waals surface area contributed by atoms with Crippen molar-refractivity contribution >= 4 is 117 Å². The summed E-state index contributed by atoms with van der Waals surface area (Å²) in [5, 5.41) is 44.4. The van der Waals surface area contributed by atoms with Crippen molar-refractivity contribution in [3.05, 3.63) is 140 Å². The maximum Gasteiger partial charge on any atom is 0.305 e. The topological polar surface area (TPSA) is 350 Å². The maximum atomic E-state index is 14.4. The fourth-order valence-corrected chi connectivity index (χ4v) is 10.2. The van der Waals surface area contributed by atoms with E-state index in [0.29, 0.717) is 44.1 Å². The molecule has 482 valence electrons. The summed E-state index contributed by atoms with van der Waals surface area (Å²) in [6, 6.07) is 15.3. The number of ether oxygens (including phenoxy) is 2. The number of carbonyl (C=O) groups excluding carboxylic acids is 10. The second-order valence-corrected chi connectivity index (χ2v) is 21.8. The van der Waals surface area contributed by atoms with Gasteiger partial charge in [0, 0.05) is 47.4 Å². The Morgan fingerprint density at radius 2 is 1.10 bits per heavy atom. The van der Waals surface area contributed by atoms with Crippen LogP contribution in [0.3, 0.4) is 0 Å². The van der Waals surface area contributed by atoms with E-state index in [1.807, 2.05) is 0 Å². The number of methoxy groups -OCH3 is 2. The second-order valence-electron chi connectivity index (χ2n) is 21.0. The van der Waals surface area contributed by atoms with E-state index in [1.165, 1.54) is 62.4 Å². The predicted octanol–water partition coefficient (Wildman–Crippen LogP) is 4.54. The predicted molar refractivity (Wildman–Crippen MR) is 331 cm³/mol. The molecular weight excluding hydrogens is 1230 g/mol. The highest BCUT2D eigenvalue weighted by Gasteiger charge is 2.40. The van der Waals surface area contributed by atoms with Gasteiger partial charge < -0.3 is 65.5 Å². The van der Waals surface area contributed by atoms with Gasteiger partial charge in [0.1, 0.15) is 74.4 Å². The molecule has 0 saturated carbocycles. The number of amides is 8. The Labute approximate surface area is 531 Å². The number of carboxylic acid groups (broad SMARTS) is 1. The molecule has 91 heavy (non-hydrogen) atoms. The smallest absolute Gasteiger partial charge is 0.305 e. The van der Waals surface area contributed by atoms with Crippen molar-refractivity contribution in [3.63, 3.8) is 0 Å². The number of phenolic OH excluding ortho intramolecular Hbond substituents is 2. The van der Waals surface area contributed by atoms with E-state index in [1.54, 1.807) is 64.1 Å². The molecule has 2 heterocycles. The normalized spacial score (nSPS) is 15.1. The number of oxime groups is 1. The molecule has 0 radical (unpaired) electrons. The van der Waals surface area contributed by atoms with Gasteiger partial charge in [-0.3, -0.25) is 57.7 Å². The van der Waals surface area contributed by atoms with Crippen molar-refractivity contribution in [3.8, 4) is 11.5 Å². The van der Waals surface area contributed by atoms with Gasteiger partial charge in [0.15, 0.2) is 0 Å². The van der Waals surface area contributed by atoms with Crippen LogP contribution in [0, 0.1) is 33.5 Å². The summed E-state index contributed by atoms with van der Waals surface area (Å²) in [6.45, 7) is 4.82. The zero-order valence-electron chi connectivity index (χ0n) is 50.3. The van der Waals surface area contributed by atoms with Crippen LogP contribution >= 0.6 is 23.2 Å². The first-order chi connectivity index (χ1) is 43.2. The number of ketones is 1. The zero-order valence-corrected chi connectivity index (χ0v) is 51.8. The number of aliphatic carboxylic acids is 1. The Kier molecular flexibility index (Phi) is 24.8. The largest absolute Gasteiger partial charge is 0.507 e. The van der Waals surface area contributed by atoms with E-state index in [-0.39, 0.29) is 77.3 Å². The number of rotatable bonds is 23. The molecule has 0 unspecified atom stereocenters. The SMILES string of the molecule is COCC(=O)N1C[C@H](NC(=O)c2cc(C)c(O)c(C)c2)C(=O)N(CC(=O)N[C@H](/C=N\OCc2c(Cl)cccc2Cl)CC(=O)O)c2ccccc21.COCC(=O)N1C[C@H](NC(=O)c2cc(C)c(O)c(C)c2)C(=O)N(CC(=O)N[C@H](C=O)CC(C)=O)c2ccc(F)cc21. The molecule has 2 aliphatic rings. The summed E-state index contributed by atoms with van der Waals surface area (Å²) >= 11 is 12.3. The van der Waals surface area contributed by atoms with Crippen molar-refractivity contribution in [1.82, 2.24) is 21.3 Å². The zero-order chi connectivity index (χ0) is 67.0. The number of nitrogens with zero attached hydrogens (tertiary/aromatic N) is 5. The standard InChI is InChI=1S/C34H35Cl2N5O9.C28H31FN4O8/c1-19-11-21(12-20(2)32(19)46)33(47)39-26-15-40(30(43)18-49-3)27-9-4-5-10-28(27)41(34(26)48)16-29(42)38-22(13-31(44)45)14-37-50-17-23-24(35)7-6-8-25(23)36;1-15-7-18(8-16(2)26(15)38)27(39)31-21-11-32(25(37)14-41-4)23-10-19(29)5-6-22(23)33(28(21)40)12-24(36)30-20(13-34)9-17(3)35/h4-12,14,22,26,46H,13,15-18H2,1-3H3,(H,38,42)(H,39,47)(H,44,45);5-8,10,13,20-21,38H,9,11-12,14H2,1-4H3,(H,30,36)(H,31,39)/b37-14-;/t22-,26-;20-,21-/m00/s1. The van der Waals surface area contributed by atoms with Gasteiger partial charge in [-0.25, -0.2) is 4.39 Å². The van der Waals surface area contributed by atoms with Crippen LogP contribution in [0.5, 0.6) is 11.5 Å². The Balaban J connectivity index is 0.000000295. The van der Waals surface area contributed by atoms with Crippen molar-refractivity contribution in [1.29, 1.82) is 0 Å². The molecule has 0 spiro atoms. The van der Waals surface area contributed by atoms with Gasteiger partial charge in [0.25, 0.3) is 35.4 Å². The molecule has 2 aliphatic heterocycles. The Morgan fingerprint density at radius 1 is 0.648 bits per heavy atom. The van der Waals surface area contributed by atoms with Gasteiger partial charge in [-0.15, -0.1) is 0 Å². The molecule has 5 aromatic carbocycles. The average Bonchev–Trinajstić information content (AvgIpc) is 1.90. The highest BCUT2D eigenvalue weighted by Crippen LogP contribution is 2.36. The number of aryl methyl sites for hydroxylation is 4. The Morgan fingerprint density at radius 3 is 1.55 bits per heavy atom. The van der Waals surface area contributed by atoms with Crippen LogP contribution in [-0.4, -0.2) is 165 Å². The summed E-state index contributed by atoms with van der Waals surface area (Å²) in [6.07, 6.45) is 0.654. The summed E-state index contributed by atoms with van der Waals surface area (Å²) in [7, 11) is 2.62. The monoisotopic (exact) mass is 1300 g/mol. The summed E-state index contributed by atoms with van der Waals surface area (Å²) in [5.74, 6) is -7.87. The van der Waals surface area contributed by atoms with Gasteiger partial charge in [-0.1, -0.05) is 46.6 Å². The van der Waals surface area contributed by atoms with E-state index < -0.39 is 116 Å². The number of nitrogens with one attached hydrogen (secondary N) is 4. The maximum absolute atomic E-state index is 14.4. The van der Waals surface area contributed by atoms with Gasteiger partial charge >= 0.3 is 5.97 Å². The number of aromatic hydroxyl groups is 2. The van der Waals surface area contributed by atoms with E-state index in [9.17, 15) is 72.4 Å². The fraction of sp³-hybridized carbons (Fsp3) is 0.323. The molecule has 0 saturated heterocycles. The molecule has 7 N–H and O–H groups in total. The van der Waals surface area contributed by atoms with Gasteiger partial charge in [-0.05, 0) is 124 Å². The van der Waals surface area contributed by atoms with Gasteiger partial charge in [-0.2, -0.15) is 0 Å². The molecule has 5 aromatic rings. The number of halogens is 3. The lowest BCUT2D eigenvalue weighted by Crippen LogP contribution is -2.55. The lowest BCUT2D eigenvalue weighted by Gasteiger charge is -2.25. The van der Waals surface area contributed by atoms with Crippen LogP contribution < -0.4 is 40.9 Å². The number of carbonyl (C=O) groups is 11. The Hall–Kier alpha value is -9.83. The van der Waals surface area contributed by atoms with Crippen molar-refractivity contribution in [2.75, 3.05) is 73.2 Å². The number of benzene rings is 5. The number of Topliss-reactive ketones (excluding diaryl/α,β-unsaturated/α-hetero) is 1. The van der Waals surface area contributed by atoms with Crippen LogP contribution in [0.15, 0.2) is 90.1 Å².